The first-order valence-corrected chi connectivity index (χ1v) is 15.2. The molecule has 234 valence electrons. The van der Waals surface area contributed by atoms with E-state index < -0.39 is 6.03 Å². The van der Waals surface area contributed by atoms with Crippen LogP contribution in [0.4, 0.5) is 27.5 Å². The molecule has 5 aromatic carbocycles. The topological polar surface area (TPSA) is 132 Å². The van der Waals surface area contributed by atoms with Crippen molar-refractivity contribution in [3.8, 4) is 5.75 Å². The van der Waals surface area contributed by atoms with Gasteiger partial charge in [-0.05, 0) is 72.1 Å². The number of benzene rings is 5. The summed E-state index contributed by atoms with van der Waals surface area (Å²) in [5.41, 5.74) is 5.73. The van der Waals surface area contributed by atoms with Crippen LogP contribution in [-0.2, 0) is 4.79 Å². The van der Waals surface area contributed by atoms with Gasteiger partial charge in [-0.2, -0.15) is 0 Å². The molecule has 6 N–H and O–H groups in total. The number of rotatable bonds is 9. The van der Waals surface area contributed by atoms with Crippen LogP contribution < -0.4 is 26.6 Å². The van der Waals surface area contributed by atoms with E-state index in [1.807, 2.05) is 73.7 Å². The lowest BCUT2D eigenvalue weighted by atomic mass is 9.97. The van der Waals surface area contributed by atoms with Crippen LogP contribution in [0.25, 0.3) is 11.3 Å². The molecule has 4 amide bonds. The van der Waals surface area contributed by atoms with Gasteiger partial charge in [-0.3, -0.25) is 9.59 Å². The zero-order valence-corrected chi connectivity index (χ0v) is 25.6. The molecule has 1 aliphatic rings. The van der Waals surface area contributed by atoms with Crippen LogP contribution in [0.2, 0.25) is 0 Å². The Morgan fingerprint density at radius 3 is 2.04 bits per heavy atom. The molecule has 9 nitrogen and oxygen atoms in total. The molecule has 0 aromatic heterocycles. The molecule has 9 heteroatoms. The zero-order valence-electron chi connectivity index (χ0n) is 25.6. The Morgan fingerprint density at radius 2 is 1.36 bits per heavy atom. The average molecular weight is 624 g/mol. The van der Waals surface area contributed by atoms with Crippen LogP contribution in [0.15, 0.2) is 127 Å². The van der Waals surface area contributed by atoms with E-state index in [2.05, 4.69) is 26.6 Å². The smallest absolute Gasteiger partial charge is 0.323 e. The Bertz CT molecular complexity index is 1960. The molecule has 0 radical (unpaired) electrons. The Kier molecular flexibility index (Phi) is 8.97. The van der Waals surface area contributed by atoms with E-state index in [1.165, 1.54) is 12.1 Å². The van der Waals surface area contributed by atoms with Crippen molar-refractivity contribution in [1.82, 2.24) is 5.32 Å². The fourth-order valence-electron chi connectivity index (χ4n) is 5.45. The Labute approximate surface area is 272 Å². The summed E-state index contributed by atoms with van der Waals surface area (Å²) in [6.07, 6.45) is 0.717. The number of amides is 4. The number of urea groups is 1. The van der Waals surface area contributed by atoms with E-state index >= 15 is 0 Å². The molecule has 0 aliphatic carbocycles. The molecule has 0 saturated carbocycles. The first kappa shape index (κ1) is 30.7. The number of fused-ring (bicyclic) bond motifs is 1. The maximum absolute atomic E-state index is 13.6. The third-order valence-electron chi connectivity index (χ3n) is 7.81. The van der Waals surface area contributed by atoms with Crippen LogP contribution in [0.3, 0.4) is 0 Å². The maximum Gasteiger partial charge on any atom is 0.323 e. The monoisotopic (exact) mass is 623 g/mol. The lowest BCUT2D eigenvalue weighted by molar-refractivity contribution is -0.110. The fraction of sp³-hybridized carbons (Fsp3) is 0.0789. The number of phenolic OH excluding ortho intramolecular Hbond substituents is 1. The molecular formula is C38H33N5O4. The molecule has 1 unspecified atom stereocenters. The molecule has 0 fully saturated rings. The molecule has 1 atom stereocenters. The Morgan fingerprint density at radius 1 is 0.723 bits per heavy atom. The summed E-state index contributed by atoms with van der Waals surface area (Å²) in [6.45, 7) is 2.02. The summed E-state index contributed by atoms with van der Waals surface area (Å²) >= 11 is 0. The molecule has 0 bridgehead atoms. The number of anilines is 4. The number of carbonyl (C=O) groups excluding carboxylic acids is 3. The van der Waals surface area contributed by atoms with Gasteiger partial charge in [0, 0.05) is 22.5 Å². The highest BCUT2D eigenvalue weighted by molar-refractivity contribution is 6.37. The highest BCUT2D eigenvalue weighted by Crippen LogP contribution is 2.39. The van der Waals surface area contributed by atoms with E-state index in [1.54, 1.807) is 48.5 Å². The van der Waals surface area contributed by atoms with Crippen molar-refractivity contribution in [2.75, 3.05) is 21.3 Å². The van der Waals surface area contributed by atoms with Gasteiger partial charge >= 0.3 is 6.03 Å². The number of hydrogen-bond donors (Lipinski definition) is 6. The molecule has 5 aromatic rings. The first-order valence-electron chi connectivity index (χ1n) is 15.2. The number of nitrogens with one attached hydrogen (secondary N) is 5. The molecule has 0 spiro atoms. The van der Waals surface area contributed by atoms with Crippen molar-refractivity contribution in [2.45, 2.75) is 19.4 Å². The highest BCUT2D eigenvalue weighted by atomic mass is 16.3. The molecule has 1 aliphatic heterocycles. The van der Waals surface area contributed by atoms with Gasteiger partial charge in [0.2, 0.25) is 0 Å². The first-order chi connectivity index (χ1) is 22.9. The lowest BCUT2D eigenvalue weighted by Gasteiger charge is -2.19. The number of aromatic hydroxyl groups is 1. The van der Waals surface area contributed by atoms with E-state index in [0.717, 1.165) is 11.1 Å². The second-order valence-electron chi connectivity index (χ2n) is 11.0. The normalized spacial score (nSPS) is 13.5. The summed E-state index contributed by atoms with van der Waals surface area (Å²) in [4.78, 5) is 40.0. The standard InChI is InChI=1S/C38H33N5O4/c1-2-30(24-11-5-3-6-12-24)41-36(45)26-17-22-31-29(23-26)34(37(46)42-31)35(25-13-7-4-8-14-25)40-32-15-9-10-16-33(32)43-38(47)39-27-18-20-28(44)21-19-27/h3-23,30,40,44H,2H2,1H3,(H,41,45)(H,42,46)(H2,39,43,47)/b35-34-. The van der Waals surface area contributed by atoms with Crippen LogP contribution in [0.5, 0.6) is 5.75 Å². The van der Waals surface area contributed by atoms with Crippen LogP contribution in [0, 0.1) is 0 Å². The van der Waals surface area contributed by atoms with Crippen molar-refractivity contribution in [3.63, 3.8) is 0 Å². The Hall–Kier alpha value is -6.35. The lowest BCUT2D eigenvalue weighted by Crippen LogP contribution is -2.28. The van der Waals surface area contributed by atoms with Crippen molar-refractivity contribution >= 4 is 51.9 Å². The van der Waals surface area contributed by atoms with Gasteiger partial charge in [-0.25, -0.2) is 4.79 Å². The van der Waals surface area contributed by atoms with Gasteiger partial charge in [-0.1, -0.05) is 79.7 Å². The Balaban J connectivity index is 1.34. The quantitative estimate of drug-likeness (QED) is 0.0735. The SMILES string of the molecule is CCC(NC(=O)c1ccc2c(c1)/C(=C(/Nc1ccccc1NC(=O)Nc1ccc(O)cc1)c1ccccc1)C(=O)N2)c1ccccc1. The molecular weight excluding hydrogens is 590 g/mol. The third-order valence-corrected chi connectivity index (χ3v) is 7.81. The largest absolute Gasteiger partial charge is 0.508 e. The second kappa shape index (κ2) is 13.7. The summed E-state index contributed by atoms with van der Waals surface area (Å²) in [6, 6.07) is 37.0. The van der Waals surface area contributed by atoms with Crippen LogP contribution >= 0.6 is 0 Å². The summed E-state index contributed by atoms with van der Waals surface area (Å²) < 4.78 is 0. The minimum absolute atomic E-state index is 0.0922. The number of carbonyl (C=O) groups is 3. The zero-order chi connectivity index (χ0) is 32.8. The summed E-state index contributed by atoms with van der Waals surface area (Å²) in [5.74, 6) is -0.477. The summed E-state index contributed by atoms with van der Waals surface area (Å²) in [7, 11) is 0. The number of phenols is 1. The van der Waals surface area contributed by atoms with Gasteiger partial charge in [0.05, 0.1) is 28.7 Å². The van der Waals surface area contributed by atoms with E-state index in [0.29, 0.717) is 51.6 Å². The molecule has 1 heterocycles. The highest BCUT2D eigenvalue weighted by Gasteiger charge is 2.30. The third kappa shape index (κ3) is 6.99. The minimum atomic E-state index is -0.487. The molecule has 6 rings (SSSR count). The van der Waals surface area contributed by atoms with Crippen molar-refractivity contribution in [1.29, 1.82) is 0 Å². The fourth-order valence-corrected chi connectivity index (χ4v) is 5.45. The predicted octanol–water partition coefficient (Wildman–Crippen LogP) is 7.85. The number of para-hydroxylation sites is 2. The molecule has 0 saturated heterocycles. The van der Waals surface area contributed by atoms with Crippen molar-refractivity contribution < 1.29 is 19.5 Å². The van der Waals surface area contributed by atoms with E-state index in [-0.39, 0.29) is 23.6 Å². The van der Waals surface area contributed by atoms with Gasteiger partial charge < -0.3 is 31.7 Å². The second-order valence-corrected chi connectivity index (χ2v) is 11.0. The van der Waals surface area contributed by atoms with Gasteiger partial charge in [0.15, 0.2) is 0 Å². The van der Waals surface area contributed by atoms with Crippen molar-refractivity contribution in [2.24, 2.45) is 0 Å². The van der Waals surface area contributed by atoms with Crippen molar-refractivity contribution in [3.05, 3.63) is 150 Å². The van der Waals surface area contributed by atoms with Gasteiger partial charge in [0.1, 0.15) is 5.75 Å². The predicted molar refractivity (Wildman–Crippen MR) is 186 cm³/mol. The van der Waals surface area contributed by atoms with Gasteiger partial charge in [-0.15, -0.1) is 0 Å². The van der Waals surface area contributed by atoms with Crippen LogP contribution in [-0.4, -0.2) is 23.0 Å². The van der Waals surface area contributed by atoms with E-state index in [4.69, 9.17) is 0 Å². The maximum atomic E-state index is 13.6. The molecule has 47 heavy (non-hydrogen) atoms. The minimum Gasteiger partial charge on any atom is -0.508 e. The van der Waals surface area contributed by atoms with Crippen LogP contribution in [0.1, 0.15) is 46.4 Å². The van der Waals surface area contributed by atoms with E-state index in [9.17, 15) is 19.5 Å². The number of hydrogen-bond acceptors (Lipinski definition) is 5. The average Bonchev–Trinajstić information content (AvgIpc) is 3.43. The van der Waals surface area contributed by atoms with Gasteiger partial charge in [0.25, 0.3) is 11.8 Å². The summed E-state index contributed by atoms with van der Waals surface area (Å²) in [5, 5.41) is 24.6.